The highest BCUT2D eigenvalue weighted by molar-refractivity contribution is 7.99. The smallest absolute Gasteiger partial charge is 0.254 e. The summed E-state index contributed by atoms with van der Waals surface area (Å²) in [5.74, 6) is 1.48. The summed E-state index contributed by atoms with van der Waals surface area (Å²) in [5, 5.41) is 1.31. The van der Waals surface area contributed by atoms with Gasteiger partial charge in [-0.1, -0.05) is 23.4 Å². The van der Waals surface area contributed by atoms with E-state index >= 15 is 0 Å². The summed E-state index contributed by atoms with van der Waals surface area (Å²) in [6.07, 6.45) is 0. The molecule has 1 heterocycles. The van der Waals surface area contributed by atoms with Crippen LogP contribution in [0.15, 0.2) is 34.2 Å². The van der Waals surface area contributed by atoms with E-state index in [1.165, 1.54) is 11.8 Å². The minimum absolute atomic E-state index is 0. The lowest BCUT2D eigenvalue weighted by atomic mass is 10.3. The van der Waals surface area contributed by atoms with E-state index in [4.69, 9.17) is 16.3 Å². The largest absolute Gasteiger partial charge is 0.493 e. The molecule has 114 valence electrons. The zero-order chi connectivity index (χ0) is 14.5. The maximum absolute atomic E-state index is 11.6. The summed E-state index contributed by atoms with van der Waals surface area (Å²) < 4.78 is 5.57. The highest BCUT2D eigenvalue weighted by atomic mass is 35.5. The van der Waals surface area contributed by atoms with Crippen LogP contribution in [0.1, 0.15) is 11.3 Å². The van der Waals surface area contributed by atoms with Crippen molar-refractivity contribution in [3.63, 3.8) is 0 Å². The third kappa shape index (κ3) is 5.26. The molecule has 0 aliphatic rings. The van der Waals surface area contributed by atoms with E-state index in [0.29, 0.717) is 28.1 Å². The van der Waals surface area contributed by atoms with Gasteiger partial charge in [-0.05, 0) is 38.1 Å². The summed E-state index contributed by atoms with van der Waals surface area (Å²) in [4.78, 5) is 18.7. The fraction of sp³-hybridized carbons (Fsp3) is 0.286. The molecule has 2 rings (SSSR count). The summed E-state index contributed by atoms with van der Waals surface area (Å²) in [7, 11) is 0. The molecule has 4 nitrogen and oxygen atoms in total. The van der Waals surface area contributed by atoms with Gasteiger partial charge in [0.2, 0.25) is 0 Å². The van der Waals surface area contributed by atoms with Crippen molar-refractivity contribution < 1.29 is 4.74 Å². The van der Waals surface area contributed by atoms with Crippen molar-refractivity contribution in [2.24, 2.45) is 0 Å². The zero-order valence-electron chi connectivity index (χ0n) is 11.7. The number of H-pyrrole nitrogens is 1. The molecule has 0 spiro atoms. The Labute approximate surface area is 138 Å². The Kier molecular flexibility index (Phi) is 7.08. The summed E-state index contributed by atoms with van der Waals surface area (Å²) >= 11 is 7.26. The monoisotopic (exact) mass is 346 g/mol. The maximum Gasteiger partial charge on any atom is 0.254 e. The van der Waals surface area contributed by atoms with Crippen LogP contribution < -0.4 is 10.3 Å². The van der Waals surface area contributed by atoms with E-state index < -0.39 is 0 Å². The standard InChI is InChI=1S/C14H15ClN2O2S.ClH/c1-9-10(2)16-14(17-13(9)18)20-8-7-19-12-5-3-11(15)4-6-12;/h3-6H,7-8H2,1-2H3,(H,16,17,18);1H. The van der Waals surface area contributed by atoms with Crippen molar-refractivity contribution in [1.29, 1.82) is 0 Å². The Morgan fingerprint density at radius 3 is 2.57 bits per heavy atom. The van der Waals surface area contributed by atoms with Gasteiger partial charge in [0.25, 0.3) is 5.56 Å². The first-order valence-electron chi connectivity index (χ1n) is 6.15. The Hall–Kier alpha value is -1.17. The molecule has 7 heteroatoms. The molecule has 1 N–H and O–H groups in total. The fourth-order valence-corrected chi connectivity index (χ4v) is 2.37. The number of hydrogen-bond donors (Lipinski definition) is 1. The van der Waals surface area contributed by atoms with Crippen molar-refractivity contribution in [2.45, 2.75) is 19.0 Å². The molecule has 1 aromatic heterocycles. The number of aromatic amines is 1. The summed E-state index contributed by atoms with van der Waals surface area (Å²) in [5.41, 5.74) is 1.33. The molecule has 2 aromatic rings. The Morgan fingerprint density at radius 2 is 1.95 bits per heavy atom. The van der Waals surface area contributed by atoms with Crippen molar-refractivity contribution in [1.82, 2.24) is 9.97 Å². The number of aromatic nitrogens is 2. The molecule has 0 aliphatic heterocycles. The molecule has 0 atom stereocenters. The molecule has 21 heavy (non-hydrogen) atoms. The predicted octanol–water partition coefficient (Wildman–Crippen LogP) is 3.63. The zero-order valence-corrected chi connectivity index (χ0v) is 14.1. The van der Waals surface area contributed by atoms with E-state index in [-0.39, 0.29) is 18.0 Å². The molecule has 0 saturated carbocycles. The molecular weight excluding hydrogens is 331 g/mol. The first kappa shape index (κ1) is 17.9. The minimum atomic E-state index is -0.0846. The summed E-state index contributed by atoms with van der Waals surface area (Å²) in [6.45, 7) is 4.13. The maximum atomic E-state index is 11.6. The SMILES string of the molecule is Cc1nc(SCCOc2ccc(Cl)cc2)[nH]c(=O)c1C.Cl. The van der Waals surface area contributed by atoms with E-state index in [2.05, 4.69) is 9.97 Å². The Bertz CT molecular complexity index is 644. The number of rotatable bonds is 5. The molecule has 0 unspecified atom stereocenters. The fourth-order valence-electron chi connectivity index (χ4n) is 1.52. The number of aryl methyl sites for hydroxylation is 1. The quantitative estimate of drug-likeness (QED) is 0.510. The van der Waals surface area contributed by atoms with E-state index in [9.17, 15) is 4.79 Å². The van der Waals surface area contributed by atoms with Crippen LogP contribution >= 0.6 is 35.8 Å². The highest BCUT2D eigenvalue weighted by Gasteiger charge is 2.04. The van der Waals surface area contributed by atoms with Crippen molar-refractivity contribution in [2.75, 3.05) is 12.4 Å². The van der Waals surface area contributed by atoms with Crippen LogP contribution in [-0.4, -0.2) is 22.3 Å². The number of hydrogen-bond acceptors (Lipinski definition) is 4. The average Bonchev–Trinajstić information content (AvgIpc) is 2.43. The van der Waals surface area contributed by atoms with Crippen LogP contribution in [0.4, 0.5) is 0 Å². The number of benzene rings is 1. The van der Waals surface area contributed by atoms with Gasteiger partial charge in [-0.2, -0.15) is 0 Å². The topological polar surface area (TPSA) is 55.0 Å². The second-order valence-electron chi connectivity index (χ2n) is 4.23. The molecule has 0 fully saturated rings. The minimum Gasteiger partial charge on any atom is -0.493 e. The van der Waals surface area contributed by atoms with Crippen LogP contribution in [0.25, 0.3) is 0 Å². The van der Waals surface area contributed by atoms with Gasteiger partial charge in [-0.15, -0.1) is 12.4 Å². The molecular formula is C14H16Cl2N2O2S. The van der Waals surface area contributed by atoms with Gasteiger partial charge in [0.05, 0.1) is 6.61 Å². The van der Waals surface area contributed by atoms with Crippen LogP contribution in [-0.2, 0) is 0 Å². The summed E-state index contributed by atoms with van der Waals surface area (Å²) in [6, 6.07) is 7.21. The molecule has 1 aromatic carbocycles. The van der Waals surface area contributed by atoms with Gasteiger partial charge in [-0.3, -0.25) is 4.79 Å². The third-order valence-electron chi connectivity index (χ3n) is 2.78. The van der Waals surface area contributed by atoms with Crippen LogP contribution in [0.3, 0.4) is 0 Å². The van der Waals surface area contributed by atoms with Crippen molar-refractivity contribution >= 4 is 35.8 Å². The van der Waals surface area contributed by atoms with Crippen molar-refractivity contribution in [3.05, 3.63) is 50.9 Å². The van der Waals surface area contributed by atoms with Gasteiger partial charge in [0.15, 0.2) is 5.16 Å². The van der Waals surface area contributed by atoms with Crippen molar-refractivity contribution in [3.8, 4) is 5.75 Å². The van der Waals surface area contributed by atoms with Gasteiger partial charge in [0.1, 0.15) is 5.75 Å². The van der Waals surface area contributed by atoms with E-state index in [0.717, 1.165) is 11.4 Å². The second-order valence-corrected chi connectivity index (χ2v) is 5.75. The first-order valence-corrected chi connectivity index (χ1v) is 7.51. The van der Waals surface area contributed by atoms with Gasteiger partial charge in [-0.25, -0.2) is 4.98 Å². The molecule has 0 amide bonds. The normalized spacial score (nSPS) is 10.0. The van der Waals surface area contributed by atoms with Gasteiger partial charge >= 0.3 is 0 Å². The number of halogens is 2. The van der Waals surface area contributed by atoms with Crippen LogP contribution in [0.5, 0.6) is 5.75 Å². The predicted molar refractivity (Wildman–Crippen MR) is 89.3 cm³/mol. The average molecular weight is 347 g/mol. The number of nitrogens with zero attached hydrogens (tertiary/aromatic N) is 1. The molecule has 0 bridgehead atoms. The lowest BCUT2D eigenvalue weighted by Crippen LogP contribution is -2.14. The number of ether oxygens (including phenoxy) is 1. The second kappa shape index (κ2) is 8.32. The van der Waals surface area contributed by atoms with Gasteiger partial charge < -0.3 is 9.72 Å². The lowest BCUT2D eigenvalue weighted by molar-refractivity contribution is 0.344. The van der Waals surface area contributed by atoms with Gasteiger partial charge in [0, 0.05) is 22.0 Å². The van der Waals surface area contributed by atoms with E-state index in [1.807, 2.05) is 19.1 Å². The molecule has 0 aliphatic carbocycles. The highest BCUT2D eigenvalue weighted by Crippen LogP contribution is 2.17. The third-order valence-corrected chi connectivity index (χ3v) is 3.87. The lowest BCUT2D eigenvalue weighted by Gasteiger charge is -2.06. The molecule has 0 saturated heterocycles. The van der Waals surface area contributed by atoms with Crippen LogP contribution in [0, 0.1) is 13.8 Å². The number of thioether (sulfide) groups is 1. The molecule has 0 radical (unpaired) electrons. The Morgan fingerprint density at radius 1 is 1.29 bits per heavy atom. The Balaban J connectivity index is 0.00000220. The van der Waals surface area contributed by atoms with E-state index in [1.54, 1.807) is 19.1 Å². The first-order chi connectivity index (χ1) is 9.56. The number of nitrogens with one attached hydrogen (secondary N) is 1. The van der Waals surface area contributed by atoms with Crippen LogP contribution in [0.2, 0.25) is 5.02 Å².